The predicted molar refractivity (Wildman–Crippen MR) is 53.1 cm³/mol. The van der Waals surface area contributed by atoms with E-state index in [0.717, 1.165) is 24.8 Å². The minimum absolute atomic E-state index is 0.00839. The molecule has 1 saturated carbocycles. The first kappa shape index (κ1) is 10.5. The van der Waals surface area contributed by atoms with Crippen molar-refractivity contribution in [1.29, 1.82) is 0 Å². The summed E-state index contributed by atoms with van der Waals surface area (Å²) in [6, 6.07) is 0. The summed E-state index contributed by atoms with van der Waals surface area (Å²) in [5, 5.41) is 2.96. The summed E-state index contributed by atoms with van der Waals surface area (Å²) in [4.78, 5) is 11.5. The summed E-state index contributed by atoms with van der Waals surface area (Å²) in [6.07, 6.45) is 2.10. The molecule has 0 radical (unpaired) electrons. The molecule has 0 aliphatic heterocycles. The summed E-state index contributed by atoms with van der Waals surface area (Å²) in [5.74, 6) is 1.66. The van der Waals surface area contributed by atoms with Crippen LogP contribution >= 0.6 is 0 Å². The van der Waals surface area contributed by atoms with E-state index in [-0.39, 0.29) is 11.8 Å². The van der Waals surface area contributed by atoms with E-state index in [0.29, 0.717) is 6.54 Å². The molecule has 3 unspecified atom stereocenters. The molecule has 3 atom stereocenters. The third-order valence-corrected chi connectivity index (χ3v) is 2.96. The van der Waals surface area contributed by atoms with Gasteiger partial charge in [-0.15, -0.1) is 0 Å². The Labute approximate surface area is 80.1 Å². The maximum atomic E-state index is 11.5. The first-order valence-corrected chi connectivity index (χ1v) is 5.16. The zero-order chi connectivity index (χ0) is 9.84. The zero-order valence-corrected chi connectivity index (χ0v) is 8.55. The summed E-state index contributed by atoms with van der Waals surface area (Å²) in [7, 11) is 0. The van der Waals surface area contributed by atoms with Gasteiger partial charge in [0, 0.05) is 19.0 Å². The fraction of sp³-hybridized carbons (Fsp3) is 0.900. The van der Waals surface area contributed by atoms with Crippen LogP contribution in [0.15, 0.2) is 0 Å². The van der Waals surface area contributed by atoms with Crippen LogP contribution < -0.4 is 11.1 Å². The summed E-state index contributed by atoms with van der Waals surface area (Å²) >= 11 is 0. The Bertz CT molecular complexity index is 178. The maximum absolute atomic E-state index is 11.5. The minimum atomic E-state index is 0.00839. The van der Waals surface area contributed by atoms with E-state index in [1.165, 1.54) is 6.42 Å². The Morgan fingerprint density at radius 1 is 1.69 bits per heavy atom. The van der Waals surface area contributed by atoms with Crippen molar-refractivity contribution in [2.45, 2.75) is 26.7 Å². The standard InChI is InChI=1S/C10H20N2O/c1-3-8(5-11)10(13)12-6-9-4-7(9)2/h7-9H,3-6,11H2,1-2H3,(H,12,13). The van der Waals surface area contributed by atoms with E-state index in [1.807, 2.05) is 6.92 Å². The number of hydrogen-bond acceptors (Lipinski definition) is 2. The van der Waals surface area contributed by atoms with E-state index in [9.17, 15) is 4.79 Å². The number of nitrogens with one attached hydrogen (secondary N) is 1. The molecule has 0 heterocycles. The van der Waals surface area contributed by atoms with Crippen molar-refractivity contribution in [3.63, 3.8) is 0 Å². The van der Waals surface area contributed by atoms with Crippen molar-refractivity contribution >= 4 is 5.91 Å². The second-order valence-electron chi connectivity index (χ2n) is 4.06. The smallest absolute Gasteiger partial charge is 0.224 e. The molecule has 1 fully saturated rings. The van der Waals surface area contributed by atoms with Crippen LogP contribution in [0.25, 0.3) is 0 Å². The van der Waals surface area contributed by atoms with Crippen LogP contribution in [0.1, 0.15) is 26.7 Å². The van der Waals surface area contributed by atoms with Gasteiger partial charge in [0.1, 0.15) is 0 Å². The lowest BCUT2D eigenvalue weighted by Gasteiger charge is -2.12. The van der Waals surface area contributed by atoms with Crippen LogP contribution in [-0.4, -0.2) is 19.0 Å². The summed E-state index contributed by atoms with van der Waals surface area (Å²) in [6.45, 7) is 5.52. The normalized spacial score (nSPS) is 28.2. The number of nitrogens with two attached hydrogens (primary N) is 1. The lowest BCUT2D eigenvalue weighted by molar-refractivity contribution is -0.124. The average Bonchev–Trinajstić information content (AvgIpc) is 2.81. The molecule has 1 amide bonds. The van der Waals surface area contributed by atoms with Gasteiger partial charge in [-0.1, -0.05) is 13.8 Å². The lowest BCUT2D eigenvalue weighted by atomic mass is 10.1. The van der Waals surface area contributed by atoms with Gasteiger partial charge in [-0.3, -0.25) is 4.79 Å². The van der Waals surface area contributed by atoms with Crippen molar-refractivity contribution in [3.8, 4) is 0 Å². The van der Waals surface area contributed by atoms with Crippen molar-refractivity contribution in [3.05, 3.63) is 0 Å². The molecule has 13 heavy (non-hydrogen) atoms. The van der Waals surface area contributed by atoms with E-state index in [2.05, 4.69) is 12.2 Å². The summed E-state index contributed by atoms with van der Waals surface area (Å²) < 4.78 is 0. The SMILES string of the molecule is CCC(CN)C(=O)NCC1CC1C. The van der Waals surface area contributed by atoms with Gasteiger partial charge < -0.3 is 11.1 Å². The lowest BCUT2D eigenvalue weighted by Crippen LogP contribution is -2.35. The maximum Gasteiger partial charge on any atom is 0.224 e. The molecule has 3 N–H and O–H groups in total. The zero-order valence-electron chi connectivity index (χ0n) is 8.55. The molecule has 0 spiro atoms. The van der Waals surface area contributed by atoms with E-state index in [4.69, 9.17) is 5.73 Å². The molecule has 3 heteroatoms. The highest BCUT2D eigenvalue weighted by Crippen LogP contribution is 2.36. The largest absolute Gasteiger partial charge is 0.356 e. The molecule has 0 aromatic heterocycles. The minimum Gasteiger partial charge on any atom is -0.356 e. The first-order valence-electron chi connectivity index (χ1n) is 5.16. The van der Waals surface area contributed by atoms with Crippen molar-refractivity contribution in [2.75, 3.05) is 13.1 Å². The molecule has 1 aliphatic carbocycles. The highest BCUT2D eigenvalue weighted by molar-refractivity contribution is 5.78. The van der Waals surface area contributed by atoms with Crippen molar-refractivity contribution in [1.82, 2.24) is 5.32 Å². The van der Waals surface area contributed by atoms with E-state index < -0.39 is 0 Å². The summed E-state index contributed by atoms with van der Waals surface area (Å²) in [5.41, 5.74) is 5.47. The second-order valence-corrected chi connectivity index (χ2v) is 4.06. The average molecular weight is 184 g/mol. The van der Waals surface area contributed by atoms with E-state index >= 15 is 0 Å². The third-order valence-electron chi connectivity index (χ3n) is 2.96. The highest BCUT2D eigenvalue weighted by Gasteiger charge is 2.32. The third kappa shape index (κ3) is 2.99. The number of carbonyl (C=O) groups excluding carboxylic acids is 1. The molecule has 1 rings (SSSR count). The van der Waals surface area contributed by atoms with Gasteiger partial charge in [-0.25, -0.2) is 0 Å². The van der Waals surface area contributed by atoms with Gasteiger partial charge in [-0.05, 0) is 24.7 Å². The molecule has 76 valence electrons. The van der Waals surface area contributed by atoms with Gasteiger partial charge in [0.2, 0.25) is 5.91 Å². The van der Waals surface area contributed by atoms with Crippen LogP contribution in [0.2, 0.25) is 0 Å². The van der Waals surface area contributed by atoms with Gasteiger partial charge in [-0.2, -0.15) is 0 Å². The van der Waals surface area contributed by atoms with Gasteiger partial charge in [0.15, 0.2) is 0 Å². The van der Waals surface area contributed by atoms with Crippen LogP contribution in [0.5, 0.6) is 0 Å². The monoisotopic (exact) mass is 184 g/mol. The molecular weight excluding hydrogens is 164 g/mol. The number of amides is 1. The van der Waals surface area contributed by atoms with Crippen LogP contribution in [0.3, 0.4) is 0 Å². The van der Waals surface area contributed by atoms with Gasteiger partial charge >= 0.3 is 0 Å². The number of rotatable bonds is 5. The molecular formula is C10H20N2O. The molecule has 3 nitrogen and oxygen atoms in total. The molecule has 1 aliphatic rings. The van der Waals surface area contributed by atoms with Crippen LogP contribution in [-0.2, 0) is 4.79 Å². The van der Waals surface area contributed by atoms with Crippen LogP contribution in [0.4, 0.5) is 0 Å². The molecule has 0 saturated heterocycles. The van der Waals surface area contributed by atoms with E-state index in [1.54, 1.807) is 0 Å². The van der Waals surface area contributed by atoms with Crippen LogP contribution in [0, 0.1) is 17.8 Å². The Hall–Kier alpha value is -0.570. The second kappa shape index (κ2) is 4.61. The molecule has 0 aromatic carbocycles. The fourth-order valence-electron chi connectivity index (χ4n) is 1.52. The molecule has 0 bridgehead atoms. The Balaban J connectivity index is 2.16. The Morgan fingerprint density at radius 2 is 2.31 bits per heavy atom. The Morgan fingerprint density at radius 3 is 2.69 bits per heavy atom. The van der Waals surface area contributed by atoms with Crippen molar-refractivity contribution in [2.24, 2.45) is 23.5 Å². The fourth-order valence-corrected chi connectivity index (χ4v) is 1.52. The topological polar surface area (TPSA) is 55.1 Å². The van der Waals surface area contributed by atoms with Gasteiger partial charge in [0.25, 0.3) is 0 Å². The first-order chi connectivity index (χ1) is 6.19. The quantitative estimate of drug-likeness (QED) is 0.662. The van der Waals surface area contributed by atoms with Crippen molar-refractivity contribution < 1.29 is 4.79 Å². The predicted octanol–water partition coefficient (Wildman–Crippen LogP) is 0.743. The number of carbonyl (C=O) groups is 1. The molecule has 0 aromatic rings. The van der Waals surface area contributed by atoms with Gasteiger partial charge in [0.05, 0.1) is 0 Å². The Kier molecular flexibility index (Phi) is 3.72. The number of hydrogen-bond donors (Lipinski definition) is 2. The highest BCUT2D eigenvalue weighted by atomic mass is 16.1.